The van der Waals surface area contributed by atoms with E-state index in [1.807, 2.05) is 0 Å². The molecule has 0 bridgehead atoms. The maximum absolute atomic E-state index is 12.4. The molecule has 3 nitrogen and oxygen atoms in total. The van der Waals surface area contributed by atoms with Crippen LogP contribution in [0.25, 0.3) is 0 Å². The number of halogens is 2. The van der Waals surface area contributed by atoms with Crippen molar-refractivity contribution in [1.82, 2.24) is 5.32 Å². The number of rotatable bonds is 4. The zero-order chi connectivity index (χ0) is 15.4. The van der Waals surface area contributed by atoms with Crippen molar-refractivity contribution in [2.24, 2.45) is 11.7 Å². The first kappa shape index (κ1) is 16.7. The highest BCUT2D eigenvalue weighted by molar-refractivity contribution is 9.10. The Labute approximate surface area is 143 Å². The van der Waals surface area contributed by atoms with Gasteiger partial charge in [0.1, 0.15) is 0 Å². The molecule has 21 heavy (non-hydrogen) atoms. The van der Waals surface area contributed by atoms with E-state index in [4.69, 9.17) is 29.6 Å². The number of benzene rings is 1. The highest BCUT2D eigenvalue weighted by atomic mass is 79.9. The Bertz CT molecular complexity index is 526. The van der Waals surface area contributed by atoms with Crippen LogP contribution in [0.2, 0.25) is 5.02 Å². The molecule has 0 spiro atoms. The van der Waals surface area contributed by atoms with E-state index in [2.05, 4.69) is 21.2 Å². The van der Waals surface area contributed by atoms with Gasteiger partial charge in [0.25, 0.3) is 5.91 Å². The number of carbonyl (C=O) groups is 1. The van der Waals surface area contributed by atoms with E-state index < -0.39 is 0 Å². The van der Waals surface area contributed by atoms with Crippen LogP contribution in [0, 0.1) is 5.92 Å². The van der Waals surface area contributed by atoms with Gasteiger partial charge in [-0.25, -0.2) is 0 Å². The molecule has 1 amide bonds. The third kappa shape index (κ3) is 4.66. The molecule has 0 saturated heterocycles. The average molecular weight is 390 g/mol. The summed E-state index contributed by atoms with van der Waals surface area (Å²) in [7, 11) is 0. The first-order valence-electron chi connectivity index (χ1n) is 7.03. The van der Waals surface area contributed by atoms with Crippen molar-refractivity contribution in [3.05, 3.63) is 33.3 Å². The second-order valence-corrected chi connectivity index (χ2v) is 7.23. The minimum atomic E-state index is -0.245. The van der Waals surface area contributed by atoms with Gasteiger partial charge in [0.15, 0.2) is 0 Å². The van der Waals surface area contributed by atoms with E-state index in [1.165, 1.54) is 19.3 Å². The van der Waals surface area contributed by atoms with E-state index in [1.54, 1.807) is 18.2 Å². The Hall–Kier alpha value is -0.650. The molecule has 0 aromatic heterocycles. The van der Waals surface area contributed by atoms with E-state index >= 15 is 0 Å². The predicted octanol–water partition coefficient (Wildman–Crippen LogP) is 4.07. The second kappa shape index (κ2) is 7.56. The highest BCUT2D eigenvalue weighted by Crippen LogP contribution is 2.27. The summed E-state index contributed by atoms with van der Waals surface area (Å²) in [5.74, 6) is 0.143. The topological polar surface area (TPSA) is 55.1 Å². The second-order valence-electron chi connectivity index (χ2n) is 5.41. The molecule has 1 saturated carbocycles. The van der Waals surface area contributed by atoms with Gasteiger partial charge in [-0.3, -0.25) is 4.79 Å². The summed E-state index contributed by atoms with van der Waals surface area (Å²) >= 11 is 14.5. The third-order valence-corrected chi connectivity index (χ3v) is 4.77. The van der Waals surface area contributed by atoms with Gasteiger partial charge in [-0.1, -0.05) is 59.0 Å². The number of hydrogen-bond donors (Lipinski definition) is 2. The van der Waals surface area contributed by atoms with Crippen LogP contribution in [0.15, 0.2) is 22.7 Å². The standard InChI is InChI=1S/C15H18BrClN2OS/c16-11-6-10(7-12(17)8-11)15(20)19-13(14(18)21)9-4-2-1-3-5-9/h6-9,13H,1-5H2,(H2,18,21)(H,19,20). The molecule has 2 rings (SSSR count). The Morgan fingerprint density at radius 2 is 2.00 bits per heavy atom. The Morgan fingerprint density at radius 3 is 2.57 bits per heavy atom. The number of nitrogens with two attached hydrogens (primary N) is 1. The summed E-state index contributed by atoms with van der Waals surface area (Å²) in [5.41, 5.74) is 6.34. The molecule has 1 aliphatic rings. The van der Waals surface area contributed by atoms with Crippen LogP contribution < -0.4 is 11.1 Å². The highest BCUT2D eigenvalue weighted by Gasteiger charge is 2.27. The van der Waals surface area contributed by atoms with E-state index in [-0.39, 0.29) is 11.9 Å². The smallest absolute Gasteiger partial charge is 0.251 e. The van der Waals surface area contributed by atoms with Crippen LogP contribution in [0.1, 0.15) is 42.5 Å². The maximum Gasteiger partial charge on any atom is 0.251 e. The van der Waals surface area contributed by atoms with Gasteiger partial charge >= 0.3 is 0 Å². The van der Waals surface area contributed by atoms with E-state index in [9.17, 15) is 4.79 Å². The summed E-state index contributed by atoms with van der Waals surface area (Å²) < 4.78 is 0.768. The Balaban J connectivity index is 2.12. The molecule has 0 heterocycles. The van der Waals surface area contributed by atoms with Crippen LogP contribution >= 0.6 is 39.7 Å². The number of thiocarbonyl (C=S) groups is 1. The van der Waals surface area contributed by atoms with Crippen molar-refractivity contribution in [2.75, 3.05) is 0 Å². The van der Waals surface area contributed by atoms with Crippen LogP contribution in [-0.4, -0.2) is 16.9 Å². The fourth-order valence-electron chi connectivity index (χ4n) is 2.80. The Morgan fingerprint density at radius 1 is 1.33 bits per heavy atom. The summed E-state index contributed by atoms with van der Waals surface area (Å²) in [6.07, 6.45) is 5.70. The van der Waals surface area contributed by atoms with Crippen LogP contribution in [-0.2, 0) is 0 Å². The Kier molecular flexibility index (Phi) is 6.02. The van der Waals surface area contributed by atoms with Crippen molar-refractivity contribution in [3.63, 3.8) is 0 Å². The molecule has 114 valence electrons. The largest absolute Gasteiger partial charge is 0.392 e. The van der Waals surface area contributed by atoms with Gasteiger partial charge in [0.05, 0.1) is 11.0 Å². The number of carbonyl (C=O) groups excluding carboxylic acids is 1. The zero-order valence-corrected chi connectivity index (χ0v) is 14.7. The summed E-state index contributed by atoms with van der Waals surface area (Å²) in [4.78, 5) is 12.8. The third-order valence-electron chi connectivity index (χ3n) is 3.84. The minimum absolute atomic E-state index is 0.193. The molecule has 6 heteroatoms. The quantitative estimate of drug-likeness (QED) is 0.763. The van der Waals surface area contributed by atoms with Crippen molar-refractivity contribution in [3.8, 4) is 0 Å². The molecule has 1 aliphatic carbocycles. The van der Waals surface area contributed by atoms with Crippen LogP contribution in [0.4, 0.5) is 0 Å². The normalized spacial score (nSPS) is 17.2. The summed E-state index contributed by atoms with van der Waals surface area (Å²) in [6.45, 7) is 0. The van der Waals surface area contributed by atoms with Crippen molar-refractivity contribution < 1.29 is 4.79 Å². The first-order valence-corrected chi connectivity index (χ1v) is 8.61. The maximum atomic E-state index is 12.4. The SMILES string of the molecule is NC(=S)C(NC(=O)c1cc(Cl)cc(Br)c1)C1CCCCC1. The van der Waals surface area contributed by atoms with Crippen molar-refractivity contribution in [1.29, 1.82) is 0 Å². The summed E-state index contributed by atoms with van der Waals surface area (Å²) in [5, 5.41) is 3.49. The molecular weight excluding hydrogens is 372 g/mol. The molecule has 1 aromatic rings. The number of nitrogens with one attached hydrogen (secondary N) is 1. The van der Waals surface area contributed by atoms with Gasteiger partial charge in [-0.15, -0.1) is 0 Å². The zero-order valence-electron chi connectivity index (χ0n) is 11.6. The lowest BCUT2D eigenvalue weighted by molar-refractivity contribution is 0.0932. The lowest BCUT2D eigenvalue weighted by Gasteiger charge is -2.30. The molecule has 1 aromatic carbocycles. The van der Waals surface area contributed by atoms with Gasteiger partial charge in [-0.2, -0.15) is 0 Å². The lowest BCUT2D eigenvalue weighted by atomic mass is 9.83. The average Bonchev–Trinajstić information content (AvgIpc) is 2.44. The van der Waals surface area contributed by atoms with E-state index in [0.29, 0.717) is 21.5 Å². The van der Waals surface area contributed by atoms with Crippen molar-refractivity contribution in [2.45, 2.75) is 38.1 Å². The number of hydrogen-bond acceptors (Lipinski definition) is 2. The molecule has 0 aliphatic heterocycles. The van der Waals surface area contributed by atoms with E-state index in [0.717, 1.165) is 17.3 Å². The predicted molar refractivity (Wildman–Crippen MR) is 93.8 cm³/mol. The monoisotopic (exact) mass is 388 g/mol. The fraction of sp³-hybridized carbons (Fsp3) is 0.467. The van der Waals surface area contributed by atoms with Gasteiger partial charge < -0.3 is 11.1 Å². The van der Waals surface area contributed by atoms with Gasteiger partial charge in [-0.05, 0) is 37.0 Å². The van der Waals surface area contributed by atoms with Gasteiger partial charge in [0, 0.05) is 15.1 Å². The minimum Gasteiger partial charge on any atom is -0.392 e. The van der Waals surface area contributed by atoms with Gasteiger partial charge in [0.2, 0.25) is 0 Å². The number of amides is 1. The van der Waals surface area contributed by atoms with Crippen molar-refractivity contribution >= 4 is 50.6 Å². The summed E-state index contributed by atoms with van der Waals surface area (Å²) in [6, 6.07) is 4.87. The first-order chi connectivity index (χ1) is 9.97. The van der Waals surface area contributed by atoms with Crippen LogP contribution in [0.3, 0.4) is 0 Å². The molecule has 1 atom stereocenters. The molecule has 0 radical (unpaired) electrons. The lowest BCUT2D eigenvalue weighted by Crippen LogP contribution is -2.48. The fourth-order valence-corrected chi connectivity index (χ4v) is 3.91. The molecule has 1 fully saturated rings. The van der Waals surface area contributed by atoms with Crippen LogP contribution in [0.5, 0.6) is 0 Å². The molecule has 1 unspecified atom stereocenters. The molecule has 3 N–H and O–H groups in total. The molecular formula is C15H18BrClN2OS.